The topological polar surface area (TPSA) is 46.5 Å². The van der Waals surface area contributed by atoms with Gasteiger partial charge in [-0.25, -0.2) is 4.79 Å². The van der Waals surface area contributed by atoms with Gasteiger partial charge in [-0.3, -0.25) is 0 Å². The van der Waals surface area contributed by atoms with Crippen molar-refractivity contribution < 1.29 is 14.6 Å². The summed E-state index contributed by atoms with van der Waals surface area (Å²) in [6.07, 6.45) is 2.72. The lowest BCUT2D eigenvalue weighted by molar-refractivity contribution is -0.131. The maximum atomic E-state index is 10.5. The summed E-state index contributed by atoms with van der Waals surface area (Å²) in [6, 6.07) is 15.6. The highest BCUT2D eigenvalue weighted by Gasteiger charge is 1.99. The summed E-state index contributed by atoms with van der Waals surface area (Å²) < 4.78 is 5.41. The molecule has 0 saturated heterocycles. The van der Waals surface area contributed by atoms with Crippen LogP contribution in [0.4, 0.5) is 0 Å². The van der Waals surface area contributed by atoms with Crippen molar-refractivity contribution in [2.75, 3.05) is 6.61 Å². The van der Waals surface area contributed by atoms with E-state index in [1.54, 1.807) is 6.08 Å². The van der Waals surface area contributed by atoms with Crippen LogP contribution < -0.4 is 4.74 Å². The second kappa shape index (κ2) is 6.57. The number of rotatable bonds is 5. The normalized spacial score (nSPS) is 10.7. The maximum absolute atomic E-state index is 10.5. The van der Waals surface area contributed by atoms with Crippen LogP contribution in [0.25, 0.3) is 17.2 Å². The van der Waals surface area contributed by atoms with Gasteiger partial charge >= 0.3 is 5.97 Å². The number of ether oxygens (including phenoxy) is 1. The molecule has 0 bridgehead atoms. The van der Waals surface area contributed by atoms with Gasteiger partial charge in [0, 0.05) is 6.08 Å². The largest absolute Gasteiger partial charge is 0.494 e. The molecule has 20 heavy (non-hydrogen) atoms. The smallest absolute Gasteiger partial charge is 0.328 e. The first-order chi connectivity index (χ1) is 9.69. The fourth-order valence-electron chi connectivity index (χ4n) is 1.90. The van der Waals surface area contributed by atoms with E-state index in [1.807, 2.05) is 55.5 Å². The van der Waals surface area contributed by atoms with Gasteiger partial charge in [-0.1, -0.05) is 30.3 Å². The van der Waals surface area contributed by atoms with Crippen LogP contribution in [-0.2, 0) is 4.79 Å². The van der Waals surface area contributed by atoms with E-state index in [-0.39, 0.29) is 0 Å². The molecule has 0 saturated carbocycles. The highest BCUT2D eigenvalue weighted by atomic mass is 16.5. The van der Waals surface area contributed by atoms with Crippen molar-refractivity contribution in [1.29, 1.82) is 0 Å². The Morgan fingerprint density at radius 3 is 2.55 bits per heavy atom. The third-order valence-electron chi connectivity index (χ3n) is 2.80. The Kier molecular flexibility index (Phi) is 4.56. The van der Waals surface area contributed by atoms with Crippen LogP contribution in [0.1, 0.15) is 12.5 Å². The average molecular weight is 268 g/mol. The van der Waals surface area contributed by atoms with E-state index in [9.17, 15) is 4.79 Å². The minimum Gasteiger partial charge on any atom is -0.494 e. The first kappa shape index (κ1) is 13.9. The van der Waals surface area contributed by atoms with Gasteiger partial charge in [-0.2, -0.15) is 0 Å². The van der Waals surface area contributed by atoms with Crippen molar-refractivity contribution >= 4 is 12.0 Å². The molecule has 0 aliphatic carbocycles. The molecule has 0 spiro atoms. The molecule has 0 aliphatic rings. The van der Waals surface area contributed by atoms with Crippen LogP contribution in [0.5, 0.6) is 5.75 Å². The lowest BCUT2D eigenvalue weighted by Crippen LogP contribution is -1.90. The molecule has 0 heterocycles. The van der Waals surface area contributed by atoms with Gasteiger partial charge in [0.05, 0.1) is 6.61 Å². The van der Waals surface area contributed by atoms with E-state index in [4.69, 9.17) is 9.84 Å². The molecule has 102 valence electrons. The average Bonchev–Trinajstić information content (AvgIpc) is 2.47. The SMILES string of the molecule is CCOc1ccc(-c2cccc(C=CC(=O)O)c2)cc1. The van der Waals surface area contributed by atoms with Crippen molar-refractivity contribution in [3.63, 3.8) is 0 Å². The van der Waals surface area contributed by atoms with E-state index in [2.05, 4.69) is 0 Å². The van der Waals surface area contributed by atoms with Gasteiger partial charge in [0.2, 0.25) is 0 Å². The number of hydrogen-bond acceptors (Lipinski definition) is 2. The molecule has 0 amide bonds. The molecule has 0 aromatic heterocycles. The molecule has 2 rings (SSSR count). The van der Waals surface area contributed by atoms with Gasteiger partial charge in [-0.15, -0.1) is 0 Å². The summed E-state index contributed by atoms with van der Waals surface area (Å²) in [6.45, 7) is 2.60. The Hall–Kier alpha value is -2.55. The van der Waals surface area contributed by atoms with Gasteiger partial charge in [0.1, 0.15) is 5.75 Å². The lowest BCUT2D eigenvalue weighted by Gasteiger charge is -2.06. The van der Waals surface area contributed by atoms with E-state index in [0.29, 0.717) is 6.61 Å². The first-order valence-corrected chi connectivity index (χ1v) is 6.43. The molecule has 0 fully saturated rings. The number of hydrogen-bond donors (Lipinski definition) is 1. The Morgan fingerprint density at radius 2 is 1.90 bits per heavy atom. The zero-order valence-corrected chi connectivity index (χ0v) is 11.2. The Labute approximate surface area is 118 Å². The Balaban J connectivity index is 2.24. The van der Waals surface area contributed by atoms with Gasteiger partial charge < -0.3 is 9.84 Å². The molecular weight excluding hydrogens is 252 g/mol. The number of carbonyl (C=O) groups is 1. The van der Waals surface area contributed by atoms with Crippen molar-refractivity contribution in [2.45, 2.75) is 6.92 Å². The second-order valence-corrected chi connectivity index (χ2v) is 4.25. The monoisotopic (exact) mass is 268 g/mol. The van der Waals surface area contributed by atoms with Crippen molar-refractivity contribution in [2.24, 2.45) is 0 Å². The fraction of sp³-hybridized carbons (Fsp3) is 0.118. The Bertz CT molecular complexity index is 612. The summed E-state index contributed by atoms with van der Waals surface area (Å²) in [5, 5.41) is 8.64. The highest BCUT2D eigenvalue weighted by Crippen LogP contribution is 2.23. The van der Waals surface area contributed by atoms with Crippen LogP contribution in [0.15, 0.2) is 54.6 Å². The summed E-state index contributed by atoms with van der Waals surface area (Å²) in [7, 11) is 0. The van der Waals surface area contributed by atoms with Crippen LogP contribution >= 0.6 is 0 Å². The number of carboxylic acids is 1. The maximum Gasteiger partial charge on any atom is 0.328 e. The molecule has 2 aromatic rings. The predicted molar refractivity (Wildman–Crippen MR) is 79.7 cm³/mol. The summed E-state index contributed by atoms with van der Waals surface area (Å²) >= 11 is 0. The van der Waals surface area contributed by atoms with Crippen molar-refractivity contribution in [1.82, 2.24) is 0 Å². The first-order valence-electron chi connectivity index (χ1n) is 6.43. The summed E-state index contributed by atoms with van der Waals surface area (Å²) in [5.41, 5.74) is 2.97. The molecule has 0 aliphatic heterocycles. The van der Waals surface area contributed by atoms with Crippen LogP contribution in [-0.4, -0.2) is 17.7 Å². The van der Waals surface area contributed by atoms with Crippen molar-refractivity contribution in [3.8, 4) is 16.9 Å². The number of benzene rings is 2. The standard InChI is InChI=1S/C17H16O3/c1-2-20-16-9-7-14(8-10-16)15-5-3-4-13(12-15)6-11-17(18)19/h3-12H,2H2,1H3,(H,18,19). The molecule has 0 unspecified atom stereocenters. The Morgan fingerprint density at radius 1 is 1.15 bits per heavy atom. The van der Waals surface area contributed by atoms with Gasteiger partial charge in [0.15, 0.2) is 0 Å². The van der Waals surface area contributed by atoms with Gasteiger partial charge in [0.25, 0.3) is 0 Å². The molecule has 3 heteroatoms. The van der Waals surface area contributed by atoms with Gasteiger partial charge in [-0.05, 0) is 47.9 Å². The molecule has 3 nitrogen and oxygen atoms in total. The predicted octanol–water partition coefficient (Wildman–Crippen LogP) is 3.85. The zero-order valence-electron chi connectivity index (χ0n) is 11.2. The minimum absolute atomic E-state index is 0.648. The molecule has 0 atom stereocenters. The lowest BCUT2D eigenvalue weighted by atomic mass is 10.0. The quantitative estimate of drug-likeness (QED) is 0.838. The number of aliphatic carboxylic acids is 1. The summed E-state index contributed by atoms with van der Waals surface area (Å²) in [5.74, 6) is -0.102. The van der Waals surface area contributed by atoms with E-state index in [0.717, 1.165) is 28.5 Å². The van der Waals surface area contributed by atoms with E-state index in [1.165, 1.54) is 0 Å². The van der Waals surface area contributed by atoms with Crippen molar-refractivity contribution in [3.05, 3.63) is 60.2 Å². The molecule has 0 radical (unpaired) electrons. The van der Waals surface area contributed by atoms with E-state index < -0.39 is 5.97 Å². The summed E-state index contributed by atoms with van der Waals surface area (Å²) in [4.78, 5) is 10.5. The third-order valence-corrected chi connectivity index (χ3v) is 2.80. The molecular formula is C17H16O3. The number of carboxylic acid groups (broad SMARTS) is 1. The van der Waals surface area contributed by atoms with Crippen LogP contribution in [0, 0.1) is 0 Å². The van der Waals surface area contributed by atoms with E-state index >= 15 is 0 Å². The molecule has 1 N–H and O–H groups in total. The van der Waals surface area contributed by atoms with Crippen LogP contribution in [0.2, 0.25) is 0 Å². The fourth-order valence-corrected chi connectivity index (χ4v) is 1.90. The second-order valence-electron chi connectivity index (χ2n) is 4.25. The minimum atomic E-state index is -0.948. The third kappa shape index (κ3) is 3.72. The molecule has 2 aromatic carbocycles. The zero-order chi connectivity index (χ0) is 14.4. The van der Waals surface area contributed by atoms with Crippen LogP contribution in [0.3, 0.4) is 0 Å². The highest BCUT2D eigenvalue weighted by molar-refractivity contribution is 5.85.